The van der Waals surface area contributed by atoms with Crippen LogP contribution in [0.4, 0.5) is 10.1 Å². The van der Waals surface area contributed by atoms with Gasteiger partial charge in [-0.05, 0) is 91.5 Å². The minimum atomic E-state index is -0.586. The summed E-state index contributed by atoms with van der Waals surface area (Å²) in [5, 5.41) is 19.2. The van der Waals surface area contributed by atoms with Crippen molar-refractivity contribution in [3.05, 3.63) is 101 Å². The van der Waals surface area contributed by atoms with Crippen molar-refractivity contribution in [1.82, 2.24) is 39.1 Å². The smallest absolute Gasteiger partial charge is 0.258 e. The predicted octanol–water partition coefficient (Wildman–Crippen LogP) is 7.32. The van der Waals surface area contributed by atoms with Crippen LogP contribution >= 0.6 is 15.9 Å². The molecule has 1 amide bonds. The first-order valence-electron chi connectivity index (χ1n) is 16.4. The third kappa shape index (κ3) is 5.82. The number of carbonyl (C=O) groups is 1. The number of halogens is 2. The molecule has 1 saturated carbocycles. The topological polar surface area (TPSA) is 127 Å². The van der Waals surface area contributed by atoms with Crippen molar-refractivity contribution in [2.24, 2.45) is 0 Å². The molecule has 0 spiro atoms. The molecule has 50 heavy (non-hydrogen) atoms. The lowest BCUT2D eigenvalue weighted by Gasteiger charge is -2.15. The number of benzene rings is 3. The van der Waals surface area contributed by atoms with Gasteiger partial charge in [-0.25, -0.2) is 9.37 Å². The fraction of sp³-hybridized carbons (Fsp3) is 0.278. The summed E-state index contributed by atoms with van der Waals surface area (Å²) >= 11 is 3.49. The van der Waals surface area contributed by atoms with Crippen molar-refractivity contribution < 1.29 is 18.7 Å². The number of rotatable bonds is 4. The molecule has 0 radical (unpaired) electrons. The number of nitrogens with zero attached hydrogens (tertiary/aromatic N) is 8. The molecular formula is C36H33BrFN9O3. The number of fused-ring (bicyclic) bond motifs is 6. The van der Waals surface area contributed by atoms with E-state index < -0.39 is 11.7 Å². The highest BCUT2D eigenvalue weighted by Gasteiger charge is 2.28. The average Bonchev–Trinajstić information content (AvgIpc) is 3.47. The van der Waals surface area contributed by atoms with E-state index >= 15 is 0 Å². The number of anilines is 1. The largest absolute Gasteiger partial charge is 0.489 e. The summed E-state index contributed by atoms with van der Waals surface area (Å²) in [4.78, 5) is 17.7. The van der Waals surface area contributed by atoms with E-state index in [0.29, 0.717) is 36.4 Å². The second-order valence-corrected chi connectivity index (χ2v) is 13.6. The van der Waals surface area contributed by atoms with Gasteiger partial charge in [-0.3, -0.25) is 4.79 Å². The second-order valence-electron chi connectivity index (χ2n) is 12.8. The maximum atomic E-state index is 14.9. The van der Waals surface area contributed by atoms with Gasteiger partial charge in [-0.1, -0.05) is 12.1 Å². The lowest BCUT2D eigenvalue weighted by molar-refractivity contribution is 0.102. The fourth-order valence-electron chi connectivity index (χ4n) is 6.25. The molecule has 1 N–H and O–H groups in total. The SMILES string of the molecule is C[C@H]1COc2c(Br)cccc2-c2nncn21.Cc1cc(F)c(C(=O)Nc2cccc3c2OC[C@H](C)n2cnnc2-3)cc1-n1cnc(C2CC2)c1. The van der Waals surface area contributed by atoms with Gasteiger partial charge in [-0.15, -0.1) is 20.4 Å². The first kappa shape index (κ1) is 31.9. The van der Waals surface area contributed by atoms with Crippen LogP contribution < -0.4 is 14.8 Å². The van der Waals surface area contributed by atoms with Gasteiger partial charge in [-0.2, -0.15) is 0 Å². The van der Waals surface area contributed by atoms with E-state index in [2.05, 4.69) is 53.5 Å². The molecule has 1 fully saturated rings. The van der Waals surface area contributed by atoms with E-state index in [-0.39, 0.29) is 17.6 Å². The minimum absolute atomic E-state index is 0.0220. The Morgan fingerprint density at radius 2 is 1.54 bits per heavy atom. The maximum absolute atomic E-state index is 14.9. The standard InChI is InChI=1S/C25H23FN6O2.C11H10BrN3O/c1-14-8-19(26)18(9-22(14)31-10-21(27-12-31)16-6-7-16)25(33)29-20-5-3-4-17-23(20)34-11-15(2)32-13-28-30-24(17)32;1-7-5-16-10-8(3-2-4-9(10)12)11-14-13-6-15(7)11/h3-5,8-10,12-13,15-16H,6-7,11H2,1-2H3,(H,29,33);2-4,6-7H,5H2,1H3/t15-;7-/m00/s1. The van der Waals surface area contributed by atoms with Gasteiger partial charge >= 0.3 is 0 Å². The van der Waals surface area contributed by atoms with Gasteiger partial charge in [0.05, 0.1) is 56.6 Å². The molecule has 3 aliphatic rings. The van der Waals surface area contributed by atoms with Gasteiger partial charge in [0.2, 0.25) is 0 Å². The quantitative estimate of drug-likeness (QED) is 0.199. The van der Waals surface area contributed by atoms with Gasteiger partial charge in [0.1, 0.15) is 37.4 Å². The van der Waals surface area contributed by atoms with E-state index in [0.717, 1.165) is 57.0 Å². The fourth-order valence-corrected chi connectivity index (χ4v) is 6.73. The number of amides is 1. The molecule has 1 aliphatic carbocycles. The number of hydrogen-bond donors (Lipinski definition) is 1. The summed E-state index contributed by atoms with van der Waals surface area (Å²) in [5.41, 5.74) is 4.57. The average molecular weight is 739 g/mol. The predicted molar refractivity (Wildman–Crippen MR) is 187 cm³/mol. The minimum Gasteiger partial charge on any atom is -0.489 e. The number of nitrogens with one attached hydrogen (secondary N) is 1. The normalized spacial score (nSPS) is 17.3. The number of ether oxygens (including phenoxy) is 2. The third-order valence-electron chi connectivity index (χ3n) is 9.15. The van der Waals surface area contributed by atoms with Gasteiger partial charge < -0.3 is 28.5 Å². The van der Waals surface area contributed by atoms with Gasteiger partial charge in [0.15, 0.2) is 17.4 Å². The third-order valence-corrected chi connectivity index (χ3v) is 9.78. The van der Waals surface area contributed by atoms with Crippen molar-refractivity contribution >= 4 is 27.5 Å². The zero-order valence-corrected chi connectivity index (χ0v) is 29.1. The Morgan fingerprint density at radius 1 is 0.900 bits per heavy atom. The Labute approximate surface area is 295 Å². The van der Waals surface area contributed by atoms with Crippen molar-refractivity contribution in [2.45, 2.75) is 51.6 Å². The second kappa shape index (κ2) is 12.8. The van der Waals surface area contributed by atoms with Crippen molar-refractivity contribution in [1.29, 1.82) is 0 Å². The number of para-hydroxylation sites is 2. The number of carbonyl (C=O) groups excluding carboxylic acids is 1. The summed E-state index contributed by atoms with van der Waals surface area (Å²) in [6.45, 7) is 6.93. The zero-order valence-electron chi connectivity index (χ0n) is 27.5. The molecule has 2 atom stereocenters. The number of aryl methyl sites for hydroxylation is 1. The molecule has 0 saturated heterocycles. The molecular weight excluding hydrogens is 705 g/mol. The first-order valence-corrected chi connectivity index (χ1v) is 17.2. The number of aromatic nitrogens is 8. The molecule has 3 aromatic heterocycles. The lowest BCUT2D eigenvalue weighted by atomic mass is 10.1. The van der Waals surface area contributed by atoms with Crippen LogP contribution in [-0.4, -0.2) is 58.2 Å². The van der Waals surface area contributed by atoms with Crippen LogP contribution in [0.25, 0.3) is 28.5 Å². The van der Waals surface area contributed by atoms with Crippen LogP contribution in [0.15, 0.2) is 78.2 Å². The Hall–Kier alpha value is -5.37. The van der Waals surface area contributed by atoms with Crippen LogP contribution in [0.5, 0.6) is 11.5 Å². The number of hydrogen-bond acceptors (Lipinski definition) is 8. The van der Waals surface area contributed by atoms with Crippen molar-refractivity contribution in [3.63, 3.8) is 0 Å². The summed E-state index contributed by atoms with van der Waals surface area (Å²) < 4.78 is 33.5. The summed E-state index contributed by atoms with van der Waals surface area (Å²) in [5.74, 6) is 2.22. The highest BCUT2D eigenvalue weighted by atomic mass is 79.9. The molecule has 9 rings (SSSR count). The van der Waals surface area contributed by atoms with E-state index in [1.165, 1.54) is 6.07 Å². The van der Waals surface area contributed by atoms with Crippen LogP contribution in [-0.2, 0) is 0 Å². The first-order chi connectivity index (χ1) is 24.3. The Balaban J connectivity index is 0.000000188. The molecule has 0 unspecified atom stereocenters. The van der Waals surface area contributed by atoms with Crippen molar-refractivity contribution in [2.75, 3.05) is 18.5 Å². The van der Waals surface area contributed by atoms with Gasteiger partial charge in [0, 0.05) is 12.1 Å². The molecule has 254 valence electrons. The molecule has 2 aliphatic heterocycles. The van der Waals surface area contributed by atoms with Crippen molar-refractivity contribution in [3.8, 4) is 40.0 Å². The maximum Gasteiger partial charge on any atom is 0.258 e. The van der Waals surface area contributed by atoms with Crippen LogP contribution in [0.2, 0.25) is 0 Å². The zero-order chi connectivity index (χ0) is 34.5. The van der Waals surface area contributed by atoms with Gasteiger partial charge in [0.25, 0.3) is 5.91 Å². The highest BCUT2D eigenvalue weighted by molar-refractivity contribution is 9.10. The number of imidazole rings is 1. The van der Waals surface area contributed by atoms with E-state index in [9.17, 15) is 9.18 Å². The molecule has 3 aromatic carbocycles. The summed E-state index contributed by atoms with van der Waals surface area (Å²) in [6, 6.07) is 14.6. The van der Waals surface area contributed by atoms with Crippen LogP contribution in [0.3, 0.4) is 0 Å². The Morgan fingerprint density at radius 3 is 2.22 bits per heavy atom. The molecule has 6 aromatic rings. The Kier molecular flexibility index (Phi) is 8.17. The Bertz CT molecular complexity index is 2240. The summed E-state index contributed by atoms with van der Waals surface area (Å²) in [7, 11) is 0. The van der Waals surface area contributed by atoms with Crippen LogP contribution in [0.1, 0.15) is 66.3 Å². The molecule has 14 heteroatoms. The summed E-state index contributed by atoms with van der Waals surface area (Å²) in [6.07, 6.45) is 9.38. The highest BCUT2D eigenvalue weighted by Crippen LogP contribution is 2.41. The lowest BCUT2D eigenvalue weighted by Crippen LogP contribution is -2.16. The molecule has 0 bridgehead atoms. The van der Waals surface area contributed by atoms with E-state index in [1.54, 1.807) is 37.2 Å². The molecule has 12 nitrogen and oxygen atoms in total. The van der Waals surface area contributed by atoms with E-state index in [1.807, 2.05) is 58.0 Å². The van der Waals surface area contributed by atoms with Crippen LogP contribution in [0, 0.1) is 12.7 Å². The monoisotopic (exact) mass is 737 g/mol. The van der Waals surface area contributed by atoms with E-state index in [4.69, 9.17) is 9.47 Å². The molecule has 5 heterocycles.